The third-order valence-electron chi connectivity index (χ3n) is 3.08. The number of rotatable bonds is 5. The molecule has 0 spiro atoms. The first kappa shape index (κ1) is 14.7. The predicted octanol–water partition coefficient (Wildman–Crippen LogP) is 4.70. The van der Waals surface area contributed by atoms with Gasteiger partial charge in [0.2, 0.25) is 0 Å². The van der Waals surface area contributed by atoms with E-state index in [0.717, 1.165) is 15.6 Å². The van der Waals surface area contributed by atoms with Crippen molar-refractivity contribution in [3.8, 4) is 9.88 Å². The number of para-hydroxylation sites is 1. The Morgan fingerprint density at radius 3 is 2.68 bits per heavy atom. The van der Waals surface area contributed by atoms with Gasteiger partial charge in [0.25, 0.3) is 5.91 Å². The number of nitrogens with zero attached hydrogens (tertiary/aromatic N) is 2. The van der Waals surface area contributed by atoms with E-state index >= 15 is 0 Å². The number of carbonyl (C=O) groups excluding carboxylic acids is 1. The van der Waals surface area contributed by atoms with Gasteiger partial charge in [-0.2, -0.15) is 0 Å². The number of thiophene rings is 1. The van der Waals surface area contributed by atoms with E-state index in [0.29, 0.717) is 12.2 Å². The minimum absolute atomic E-state index is 0.106. The van der Waals surface area contributed by atoms with Crippen LogP contribution in [0.2, 0.25) is 0 Å². The van der Waals surface area contributed by atoms with Crippen LogP contribution < -0.4 is 4.90 Å². The number of anilines is 1. The van der Waals surface area contributed by atoms with E-state index in [1.165, 1.54) is 11.3 Å². The fraction of sp³-hybridized carbons (Fsp3) is 0.0588. The normalized spacial score (nSPS) is 10.4. The number of carbonyl (C=O) groups is 1. The summed E-state index contributed by atoms with van der Waals surface area (Å²) in [5.41, 5.74) is 1.32. The van der Waals surface area contributed by atoms with Crippen molar-refractivity contribution >= 4 is 34.3 Å². The molecule has 1 amide bonds. The Morgan fingerprint density at radius 1 is 1.18 bits per heavy atom. The monoisotopic (exact) mass is 326 g/mol. The minimum Gasteiger partial charge on any atom is -0.303 e. The molecule has 2 heterocycles. The van der Waals surface area contributed by atoms with Crippen molar-refractivity contribution in [2.45, 2.75) is 0 Å². The zero-order valence-electron chi connectivity index (χ0n) is 11.8. The summed E-state index contributed by atoms with van der Waals surface area (Å²) in [5.74, 6) is -0.106. The molecule has 110 valence electrons. The Kier molecular flexibility index (Phi) is 4.46. The second-order valence-corrected chi connectivity index (χ2v) is 6.36. The first-order valence-electron chi connectivity index (χ1n) is 6.77. The van der Waals surface area contributed by atoms with Crippen molar-refractivity contribution in [3.63, 3.8) is 0 Å². The van der Waals surface area contributed by atoms with Crippen molar-refractivity contribution < 1.29 is 4.79 Å². The Hall–Kier alpha value is -2.24. The lowest BCUT2D eigenvalue weighted by Gasteiger charge is -2.20. The molecule has 5 heteroatoms. The molecule has 1 aromatic carbocycles. The van der Waals surface area contributed by atoms with Crippen molar-refractivity contribution in [3.05, 3.63) is 71.6 Å². The third kappa shape index (κ3) is 3.00. The quantitative estimate of drug-likeness (QED) is 0.637. The number of aromatic nitrogens is 1. The van der Waals surface area contributed by atoms with Crippen LogP contribution in [0, 0.1) is 0 Å². The van der Waals surface area contributed by atoms with Gasteiger partial charge in [0.05, 0.1) is 4.88 Å². The zero-order valence-corrected chi connectivity index (χ0v) is 13.4. The highest BCUT2D eigenvalue weighted by atomic mass is 32.1. The highest BCUT2D eigenvalue weighted by Gasteiger charge is 2.19. The molecule has 0 aliphatic carbocycles. The summed E-state index contributed by atoms with van der Waals surface area (Å²) >= 11 is 3.12. The van der Waals surface area contributed by atoms with E-state index in [9.17, 15) is 4.79 Å². The summed E-state index contributed by atoms with van der Waals surface area (Å²) in [4.78, 5) is 20.0. The van der Waals surface area contributed by atoms with Gasteiger partial charge in [-0.15, -0.1) is 29.3 Å². The molecular weight excluding hydrogens is 312 g/mol. The van der Waals surface area contributed by atoms with Gasteiger partial charge in [0.1, 0.15) is 10.7 Å². The molecule has 0 atom stereocenters. The molecule has 22 heavy (non-hydrogen) atoms. The number of thiazole rings is 1. The van der Waals surface area contributed by atoms with Crippen molar-refractivity contribution in [2.24, 2.45) is 0 Å². The van der Waals surface area contributed by atoms with Crippen LogP contribution in [0.3, 0.4) is 0 Å². The second kappa shape index (κ2) is 6.68. The van der Waals surface area contributed by atoms with Crippen LogP contribution >= 0.6 is 22.7 Å². The number of amides is 1. The fourth-order valence-electron chi connectivity index (χ4n) is 2.07. The molecule has 0 unspecified atom stereocenters. The van der Waals surface area contributed by atoms with Gasteiger partial charge in [0.15, 0.2) is 0 Å². The molecule has 0 saturated heterocycles. The van der Waals surface area contributed by atoms with E-state index in [2.05, 4.69) is 11.6 Å². The fourth-order valence-corrected chi connectivity index (χ4v) is 3.67. The summed E-state index contributed by atoms with van der Waals surface area (Å²) in [7, 11) is 0. The van der Waals surface area contributed by atoms with Crippen LogP contribution in [0.25, 0.3) is 9.88 Å². The molecule has 0 bridgehead atoms. The summed E-state index contributed by atoms with van der Waals surface area (Å²) in [5, 5.41) is 4.70. The van der Waals surface area contributed by atoms with Gasteiger partial charge in [-0.05, 0) is 23.6 Å². The summed E-state index contributed by atoms with van der Waals surface area (Å²) in [6.45, 7) is 4.19. The standard InChI is InChI=1S/C17H14N2OS2/c1-2-10-19(13-7-4-3-5-8-13)17(20)14-12-22-16(18-14)15-9-6-11-21-15/h2-9,11-12H,1,10H2. The van der Waals surface area contributed by atoms with Crippen LogP contribution in [-0.4, -0.2) is 17.4 Å². The average Bonchev–Trinajstić information content (AvgIpc) is 3.23. The van der Waals surface area contributed by atoms with Crippen LogP contribution in [0.1, 0.15) is 10.5 Å². The molecule has 0 N–H and O–H groups in total. The molecule has 0 aliphatic rings. The van der Waals surface area contributed by atoms with Crippen molar-refractivity contribution in [1.82, 2.24) is 4.98 Å². The number of hydrogen-bond donors (Lipinski definition) is 0. The summed E-state index contributed by atoms with van der Waals surface area (Å²) in [6.07, 6.45) is 1.72. The topological polar surface area (TPSA) is 33.2 Å². The van der Waals surface area contributed by atoms with Gasteiger partial charge in [-0.3, -0.25) is 4.79 Å². The minimum atomic E-state index is -0.106. The van der Waals surface area contributed by atoms with E-state index in [1.54, 1.807) is 22.3 Å². The van der Waals surface area contributed by atoms with Crippen LogP contribution in [-0.2, 0) is 0 Å². The molecule has 3 rings (SSSR count). The van der Waals surface area contributed by atoms with Gasteiger partial charge in [-0.1, -0.05) is 30.3 Å². The maximum Gasteiger partial charge on any atom is 0.278 e. The van der Waals surface area contributed by atoms with Gasteiger partial charge < -0.3 is 4.90 Å². The SMILES string of the molecule is C=CCN(C(=O)c1csc(-c2cccs2)n1)c1ccccc1. The predicted molar refractivity (Wildman–Crippen MR) is 93.7 cm³/mol. The molecule has 2 aromatic heterocycles. The molecule has 0 saturated carbocycles. The molecule has 0 aliphatic heterocycles. The van der Waals surface area contributed by atoms with Gasteiger partial charge >= 0.3 is 0 Å². The maximum atomic E-state index is 12.7. The van der Waals surface area contributed by atoms with Crippen molar-refractivity contribution in [2.75, 3.05) is 11.4 Å². The molecule has 0 fully saturated rings. The largest absolute Gasteiger partial charge is 0.303 e. The smallest absolute Gasteiger partial charge is 0.278 e. The van der Waals surface area contributed by atoms with E-state index in [-0.39, 0.29) is 5.91 Å². The molecular formula is C17H14N2OS2. The Morgan fingerprint density at radius 2 is 2.00 bits per heavy atom. The third-order valence-corrected chi connectivity index (χ3v) is 4.96. The van der Waals surface area contributed by atoms with E-state index < -0.39 is 0 Å². The van der Waals surface area contributed by atoms with Crippen LogP contribution in [0.5, 0.6) is 0 Å². The van der Waals surface area contributed by atoms with Crippen LogP contribution in [0.4, 0.5) is 5.69 Å². The van der Waals surface area contributed by atoms with Crippen molar-refractivity contribution in [1.29, 1.82) is 0 Å². The van der Waals surface area contributed by atoms with Gasteiger partial charge in [-0.25, -0.2) is 4.98 Å². The molecule has 3 nitrogen and oxygen atoms in total. The highest BCUT2D eigenvalue weighted by Crippen LogP contribution is 2.28. The summed E-state index contributed by atoms with van der Waals surface area (Å²) in [6, 6.07) is 13.6. The molecule has 0 radical (unpaired) electrons. The number of hydrogen-bond acceptors (Lipinski definition) is 4. The first-order valence-corrected chi connectivity index (χ1v) is 8.52. The highest BCUT2D eigenvalue weighted by molar-refractivity contribution is 7.20. The lowest BCUT2D eigenvalue weighted by atomic mass is 10.2. The lowest BCUT2D eigenvalue weighted by molar-refractivity contribution is 0.0985. The molecule has 3 aromatic rings. The maximum absolute atomic E-state index is 12.7. The first-order chi connectivity index (χ1) is 10.8. The summed E-state index contributed by atoms with van der Waals surface area (Å²) < 4.78 is 0. The Bertz CT molecular complexity index is 763. The van der Waals surface area contributed by atoms with Crippen LogP contribution in [0.15, 0.2) is 65.9 Å². The Balaban J connectivity index is 1.89. The van der Waals surface area contributed by atoms with Gasteiger partial charge in [0, 0.05) is 17.6 Å². The zero-order chi connectivity index (χ0) is 15.4. The van der Waals surface area contributed by atoms with E-state index in [4.69, 9.17) is 0 Å². The number of benzene rings is 1. The second-order valence-electron chi connectivity index (χ2n) is 4.56. The lowest BCUT2D eigenvalue weighted by Crippen LogP contribution is -2.31. The van der Waals surface area contributed by atoms with E-state index in [1.807, 2.05) is 53.2 Å². The Labute approximate surface area is 137 Å². The average molecular weight is 326 g/mol.